The first kappa shape index (κ1) is 14.5. The number of carbonyl (C=O) groups is 1. The van der Waals surface area contributed by atoms with Crippen LogP contribution in [0.15, 0.2) is 0 Å². The van der Waals surface area contributed by atoms with Crippen molar-refractivity contribution >= 4 is 5.91 Å². The Kier molecular flexibility index (Phi) is 3.75. The zero-order valence-corrected chi connectivity index (χ0v) is 11.1. The number of likely N-dealkylation sites (tertiary alicyclic amines) is 1. The van der Waals surface area contributed by atoms with Gasteiger partial charge in [-0.05, 0) is 0 Å². The molecular formula is C12H16N4O5. The summed E-state index contributed by atoms with van der Waals surface area (Å²) in [6, 6.07) is 2.09. The molecule has 3 heterocycles. The van der Waals surface area contributed by atoms with Crippen LogP contribution < -0.4 is 10.6 Å². The Bertz CT molecular complexity index is 469. The largest absolute Gasteiger partial charge is 0.552 e. The molecule has 3 saturated heterocycles. The number of aliphatic hydroxyl groups is 3. The van der Waals surface area contributed by atoms with Gasteiger partial charge in [-0.2, -0.15) is 5.26 Å². The average Bonchev–Trinajstić information content (AvgIpc) is 2.99. The van der Waals surface area contributed by atoms with Crippen LogP contribution >= 0.6 is 0 Å². The number of fused-ring (bicyclic) bond motifs is 1. The standard InChI is InChI=1S/C12H16N4O5/c13-1-5-2-16(10-7(5)11(20)15-4-14-10)12-9(19)8(18)6(3-17)21-12/h5,7-8,10,12,14,17-19H,2-4H2,(H,15,20)/t5?,7?,8-,10?,12-/m1/s1. The highest BCUT2D eigenvalue weighted by Gasteiger charge is 2.54. The summed E-state index contributed by atoms with van der Waals surface area (Å²) in [4.78, 5) is 13.6. The Hall–Kier alpha value is -1.41. The summed E-state index contributed by atoms with van der Waals surface area (Å²) in [5.74, 6) is -1.35. The molecule has 0 saturated carbocycles. The summed E-state index contributed by atoms with van der Waals surface area (Å²) < 4.78 is 5.37. The zero-order valence-electron chi connectivity index (χ0n) is 11.1. The first-order valence-corrected chi connectivity index (χ1v) is 6.62. The third-order valence-corrected chi connectivity index (χ3v) is 4.14. The van der Waals surface area contributed by atoms with E-state index < -0.39 is 36.9 Å². The average molecular weight is 296 g/mol. The lowest BCUT2D eigenvalue weighted by Gasteiger charge is -2.38. The highest BCUT2D eigenvalue weighted by atomic mass is 16.6. The topological polar surface area (TPSA) is 138 Å². The maximum Gasteiger partial charge on any atom is 0.267 e. The molecular weight excluding hydrogens is 280 g/mol. The number of aliphatic hydroxyl groups excluding tert-OH is 3. The number of hydrogen-bond donors (Lipinski definition) is 5. The highest BCUT2D eigenvalue weighted by molar-refractivity contribution is 5.81. The molecule has 0 aromatic rings. The fraction of sp³-hybridized carbons (Fsp3) is 0.667. The van der Waals surface area contributed by atoms with Crippen molar-refractivity contribution in [2.45, 2.75) is 18.5 Å². The minimum absolute atomic E-state index is 0.0466. The van der Waals surface area contributed by atoms with E-state index in [9.17, 15) is 20.3 Å². The molecule has 0 radical (unpaired) electrons. The van der Waals surface area contributed by atoms with Crippen LogP contribution in [-0.2, 0) is 9.53 Å². The fourth-order valence-electron chi connectivity index (χ4n) is 3.10. The van der Waals surface area contributed by atoms with Crippen molar-refractivity contribution in [3.63, 3.8) is 0 Å². The van der Waals surface area contributed by atoms with Crippen molar-refractivity contribution in [3.8, 4) is 6.07 Å². The van der Waals surface area contributed by atoms with E-state index in [2.05, 4.69) is 16.7 Å². The van der Waals surface area contributed by atoms with E-state index in [-0.39, 0.29) is 31.3 Å². The molecule has 21 heavy (non-hydrogen) atoms. The van der Waals surface area contributed by atoms with Crippen LogP contribution in [0, 0.1) is 35.4 Å². The summed E-state index contributed by atoms with van der Waals surface area (Å²) in [5, 5.41) is 43.7. The number of ether oxygens (including phenoxy) is 1. The molecule has 114 valence electrons. The van der Waals surface area contributed by atoms with E-state index in [1.165, 1.54) is 0 Å². The smallest absolute Gasteiger partial charge is 0.267 e. The molecule has 0 aromatic carbocycles. The fourth-order valence-corrected chi connectivity index (χ4v) is 3.10. The number of hydrogen-bond acceptors (Lipinski definition) is 8. The van der Waals surface area contributed by atoms with Gasteiger partial charge in [0.2, 0.25) is 12.5 Å². The van der Waals surface area contributed by atoms with Gasteiger partial charge in [0.05, 0.1) is 37.0 Å². The Labute approximate surface area is 121 Å². The molecule has 3 aliphatic heterocycles. The van der Waals surface area contributed by atoms with Crippen molar-refractivity contribution in [1.82, 2.24) is 15.5 Å². The van der Waals surface area contributed by atoms with Gasteiger partial charge in [-0.1, -0.05) is 6.10 Å². The van der Waals surface area contributed by atoms with E-state index in [0.717, 1.165) is 0 Å². The summed E-state index contributed by atoms with van der Waals surface area (Å²) in [6.45, 7) is -0.0487. The second-order valence-corrected chi connectivity index (χ2v) is 5.25. The molecule has 5 N–H and O–H groups in total. The predicted octanol–water partition coefficient (Wildman–Crippen LogP) is -2.79. The van der Waals surface area contributed by atoms with Crippen LogP contribution in [0.2, 0.25) is 0 Å². The Morgan fingerprint density at radius 2 is 2.38 bits per heavy atom. The quantitative estimate of drug-likeness (QED) is 0.345. The number of nitrogens with zero attached hydrogens (tertiary/aromatic N) is 2. The molecule has 9 heteroatoms. The minimum Gasteiger partial charge on any atom is -0.552 e. The van der Waals surface area contributed by atoms with Gasteiger partial charge >= 0.3 is 0 Å². The third kappa shape index (κ3) is 2.17. The lowest BCUT2D eigenvalue weighted by molar-refractivity contribution is -0.131. The van der Waals surface area contributed by atoms with Gasteiger partial charge in [0.25, 0.3) is 6.10 Å². The van der Waals surface area contributed by atoms with Crippen LogP contribution in [0.4, 0.5) is 0 Å². The number of nitrogens with one attached hydrogen (secondary N) is 2. The summed E-state index contributed by atoms with van der Waals surface area (Å²) >= 11 is 0. The van der Waals surface area contributed by atoms with E-state index in [4.69, 9.17) is 9.84 Å². The van der Waals surface area contributed by atoms with Crippen LogP contribution in [0.5, 0.6) is 0 Å². The van der Waals surface area contributed by atoms with Gasteiger partial charge in [0.1, 0.15) is 6.10 Å². The first-order chi connectivity index (χ1) is 10.1. The molecule has 3 fully saturated rings. The molecule has 1 amide bonds. The van der Waals surface area contributed by atoms with Crippen molar-refractivity contribution in [2.24, 2.45) is 11.8 Å². The lowest BCUT2D eigenvalue weighted by Crippen LogP contribution is -2.60. The van der Waals surface area contributed by atoms with E-state index in [1.54, 1.807) is 4.90 Å². The first-order valence-electron chi connectivity index (χ1n) is 6.62. The van der Waals surface area contributed by atoms with Gasteiger partial charge < -0.3 is 20.6 Å². The molecule has 5 atom stereocenters. The second kappa shape index (κ2) is 5.42. The number of rotatable bonds is 2. The molecule has 0 bridgehead atoms. The van der Waals surface area contributed by atoms with E-state index in [0.29, 0.717) is 0 Å². The van der Waals surface area contributed by atoms with Crippen LogP contribution in [-0.4, -0.2) is 64.4 Å². The van der Waals surface area contributed by atoms with Crippen molar-refractivity contribution in [3.05, 3.63) is 12.2 Å². The van der Waals surface area contributed by atoms with Crippen molar-refractivity contribution in [1.29, 1.82) is 5.26 Å². The van der Waals surface area contributed by atoms with E-state index >= 15 is 0 Å². The second-order valence-electron chi connectivity index (χ2n) is 5.25. The summed E-state index contributed by atoms with van der Waals surface area (Å²) in [6.07, 6.45) is -3.21. The van der Waals surface area contributed by atoms with Gasteiger partial charge in [-0.15, -0.1) is 0 Å². The summed E-state index contributed by atoms with van der Waals surface area (Å²) in [7, 11) is 0. The van der Waals surface area contributed by atoms with Crippen LogP contribution in [0.3, 0.4) is 0 Å². The summed E-state index contributed by atoms with van der Waals surface area (Å²) in [5.41, 5.74) is 0. The molecule has 9 nitrogen and oxygen atoms in total. The number of carbonyl (C=O) groups excluding carboxylic acids is 1. The molecule has 0 aromatic heterocycles. The Balaban J connectivity index is 1.83. The van der Waals surface area contributed by atoms with E-state index in [1.807, 2.05) is 0 Å². The van der Waals surface area contributed by atoms with Gasteiger partial charge in [0, 0.05) is 6.54 Å². The molecule has 3 unspecified atom stereocenters. The molecule has 0 spiro atoms. The predicted molar refractivity (Wildman–Crippen MR) is 65.6 cm³/mol. The number of nitriles is 1. The SMILES string of the molecule is N#CC1CN([C@@H]2O[C+](CO)[C@@H](O)[C-]2O)C2NCNC(=O)C12. The monoisotopic (exact) mass is 296 g/mol. The zero-order chi connectivity index (χ0) is 15.1. The van der Waals surface area contributed by atoms with Crippen LogP contribution in [0.1, 0.15) is 0 Å². The van der Waals surface area contributed by atoms with Gasteiger partial charge in [-0.3, -0.25) is 15.0 Å². The van der Waals surface area contributed by atoms with Gasteiger partial charge in [0.15, 0.2) is 0 Å². The lowest BCUT2D eigenvalue weighted by atomic mass is 9.93. The van der Waals surface area contributed by atoms with Gasteiger partial charge in [-0.25, -0.2) is 4.74 Å². The third-order valence-electron chi connectivity index (χ3n) is 4.14. The maximum atomic E-state index is 11.9. The highest BCUT2D eigenvalue weighted by Crippen LogP contribution is 2.39. The maximum absolute atomic E-state index is 11.9. The molecule has 0 aliphatic carbocycles. The normalized spacial score (nSPS) is 41.0. The van der Waals surface area contributed by atoms with Crippen molar-refractivity contribution in [2.75, 3.05) is 19.8 Å². The Morgan fingerprint density at radius 3 is 3.00 bits per heavy atom. The number of amides is 1. The van der Waals surface area contributed by atoms with Crippen LogP contribution in [0.25, 0.3) is 0 Å². The minimum atomic E-state index is -1.36. The van der Waals surface area contributed by atoms with Crippen molar-refractivity contribution < 1.29 is 24.9 Å². The Morgan fingerprint density at radius 1 is 1.62 bits per heavy atom. The molecule has 3 rings (SSSR count). The molecule has 3 aliphatic rings.